The molecule has 1 rings (SSSR count). The van der Waals surface area contributed by atoms with E-state index in [1.165, 1.54) is 0 Å². The molecule has 0 aromatic carbocycles. The van der Waals surface area contributed by atoms with E-state index >= 15 is 0 Å². The largest absolute Gasteiger partial charge is 0.480 e. The number of alkyl halides is 3. The van der Waals surface area contributed by atoms with Crippen LogP contribution in [0.5, 0.6) is 0 Å². The first-order valence-corrected chi connectivity index (χ1v) is 6.49. The molecule has 1 aromatic rings. The Kier molecular flexibility index (Phi) is 5.11. The standard InChI is InChI=1S/C8H8F3N3O3S2/c1-3(15)12-4(5(16)17)2-18-7-13-6(14-19-7)8(9,10)11/h4H,2H2,1H3,(H,12,15)(H,16,17)/t4-/m0/s1. The molecule has 1 aromatic heterocycles. The van der Waals surface area contributed by atoms with E-state index in [9.17, 15) is 22.8 Å². The van der Waals surface area contributed by atoms with Crippen molar-refractivity contribution < 1.29 is 27.9 Å². The zero-order valence-electron chi connectivity index (χ0n) is 9.39. The Morgan fingerprint density at radius 2 is 2.16 bits per heavy atom. The molecule has 0 aliphatic heterocycles. The molecule has 11 heteroatoms. The van der Waals surface area contributed by atoms with Crippen molar-refractivity contribution in [2.24, 2.45) is 0 Å². The molecular formula is C8H8F3N3O3S2. The minimum Gasteiger partial charge on any atom is -0.480 e. The zero-order chi connectivity index (χ0) is 14.6. The average Bonchev–Trinajstić information content (AvgIpc) is 2.71. The number of aliphatic carboxylic acids is 1. The van der Waals surface area contributed by atoms with E-state index in [4.69, 9.17) is 5.11 Å². The maximum Gasteiger partial charge on any atom is 0.452 e. The molecule has 0 spiro atoms. The van der Waals surface area contributed by atoms with Crippen LogP contribution in [0.4, 0.5) is 13.2 Å². The van der Waals surface area contributed by atoms with E-state index < -0.39 is 29.9 Å². The summed E-state index contributed by atoms with van der Waals surface area (Å²) in [6, 6.07) is -1.19. The maximum atomic E-state index is 12.2. The van der Waals surface area contributed by atoms with Crippen LogP contribution in [0.1, 0.15) is 12.7 Å². The number of rotatable bonds is 5. The van der Waals surface area contributed by atoms with Crippen molar-refractivity contribution in [2.45, 2.75) is 23.5 Å². The van der Waals surface area contributed by atoms with Gasteiger partial charge in [0.2, 0.25) is 11.7 Å². The molecule has 0 bridgehead atoms. The Morgan fingerprint density at radius 3 is 2.58 bits per heavy atom. The van der Waals surface area contributed by atoms with Crippen LogP contribution in [0.3, 0.4) is 0 Å². The molecule has 0 saturated carbocycles. The number of carbonyl (C=O) groups is 2. The van der Waals surface area contributed by atoms with Gasteiger partial charge in [0.1, 0.15) is 6.04 Å². The van der Waals surface area contributed by atoms with Gasteiger partial charge in [0.15, 0.2) is 4.34 Å². The Bertz CT molecular complexity index is 477. The molecule has 6 nitrogen and oxygen atoms in total. The van der Waals surface area contributed by atoms with E-state index in [0.717, 1.165) is 18.7 Å². The Labute approximate surface area is 113 Å². The van der Waals surface area contributed by atoms with Gasteiger partial charge in [-0.15, -0.1) is 0 Å². The summed E-state index contributed by atoms with van der Waals surface area (Å²) in [7, 11) is 0. The summed E-state index contributed by atoms with van der Waals surface area (Å²) in [5, 5.41) is 11.0. The molecule has 1 amide bonds. The van der Waals surface area contributed by atoms with Gasteiger partial charge in [-0.1, -0.05) is 11.8 Å². The summed E-state index contributed by atoms with van der Waals surface area (Å²) >= 11 is 1.31. The van der Waals surface area contributed by atoms with Crippen molar-refractivity contribution >= 4 is 35.2 Å². The van der Waals surface area contributed by atoms with Gasteiger partial charge in [0, 0.05) is 12.7 Å². The highest BCUT2D eigenvalue weighted by Crippen LogP contribution is 2.30. The van der Waals surface area contributed by atoms with Crippen molar-refractivity contribution in [2.75, 3.05) is 5.75 Å². The van der Waals surface area contributed by atoms with Crippen molar-refractivity contribution in [3.8, 4) is 0 Å². The number of hydrogen-bond donors (Lipinski definition) is 2. The smallest absolute Gasteiger partial charge is 0.452 e. The van der Waals surface area contributed by atoms with Gasteiger partial charge in [-0.05, 0) is 11.5 Å². The van der Waals surface area contributed by atoms with Crippen LogP contribution in [0.25, 0.3) is 0 Å². The molecule has 0 saturated heterocycles. The molecular weight excluding hydrogens is 307 g/mol. The topological polar surface area (TPSA) is 92.2 Å². The summed E-state index contributed by atoms with van der Waals surface area (Å²) in [5.74, 6) is -3.21. The normalized spacial score (nSPS) is 13.1. The quantitative estimate of drug-likeness (QED) is 0.794. The molecule has 0 radical (unpaired) electrons. The summed E-state index contributed by atoms with van der Waals surface area (Å²) < 4.78 is 39.8. The summed E-state index contributed by atoms with van der Waals surface area (Å²) in [5.41, 5.74) is 0. The molecule has 1 atom stereocenters. The highest BCUT2D eigenvalue weighted by molar-refractivity contribution is 8.01. The van der Waals surface area contributed by atoms with Crippen LogP contribution in [0, 0.1) is 0 Å². The third kappa shape index (κ3) is 5.03. The van der Waals surface area contributed by atoms with Gasteiger partial charge < -0.3 is 10.4 Å². The lowest BCUT2D eigenvalue weighted by Gasteiger charge is -2.11. The van der Waals surface area contributed by atoms with Crippen LogP contribution in [-0.4, -0.2) is 38.1 Å². The lowest BCUT2D eigenvalue weighted by Crippen LogP contribution is -2.41. The first-order valence-electron chi connectivity index (χ1n) is 4.73. The van der Waals surface area contributed by atoms with Crippen molar-refractivity contribution in [3.05, 3.63) is 5.82 Å². The van der Waals surface area contributed by atoms with Crippen LogP contribution in [0.15, 0.2) is 4.34 Å². The fraction of sp³-hybridized carbons (Fsp3) is 0.500. The van der Waals surface area contributed by atoms with Crippen LogP contribution >= 0.6 is 23.3 Å². The number of amides is 1. The van der Waals surface area contributed by atoms with Gasteiger partial charge in [0.05, 0.1) is 0 Å². The van der Waals surface area contributed by atoms with E-state index in [0.29, 0.717) is 11.5 Å². The minimum atomic E-state index is -4.63. The van der Waals surface area contributed by atoms with Gasteiger partial charge in [-0.3, -0.25) is 4.79 Å². The lowest BCUT2D eigenvalue weighted by molar-refractivity contribution is -0.144. The van der Waals surface area contributed by atoms with Crippen molar-refractivity contribution in [1.29, 1.82) is 0 Å². The molecule has 0 aliphatic rings. The average molecular weight is 315 g/mol. The third-order valence-corrected chi connectivity index (χ3v) is 3.64. The fourth-order valence-corrected chi connectivity index (χ4v) is 2.61. The summed E-state index contributed by atoms with van der Waals surface area (Å²) in [6.45, 7) is 1.15. The first kappa shape index (κ1) is 15.7. The second-order valence-electron chi connectivity index (χ2n) is 3.28. The summed E-state index contributed by atoms with van der Waals surface area (Å²) in [6.07, 6.45) is -4.63. The minimum absolute atomic E-state index is 0.0103. The Morgan fingerprint density at radius 1 is 1.53 bits per heavy atom. The Hall–Kier alpha value is -1.36. The second kappa shape index (κ2) is 6.19. The lowest BCUT2D eigenvalue weighted by atomic mass is 10.3. The number of aromatic nitrogens is 2. The van der Waals surface area contributed by atoms with Crippen molar-refractivity contribution in [1.82, 2.24) is 14.7 Å². The summed E-state index contributed by atoms with van der Waals surface area (Å²) in [4.78, 5) is 24.8. The second-order valence-corrected chi connectivity index (χ2v) is 5.30. The van der Waals surface area contributed by atoms with E-state index in [1.807, 2.05) is 0 Å². The Balaban J connectivity index is 2.62. The molecule has 2 N–H and O–H groups in total. The van der Waals surface area contributed by atoms with Gasteiger partial charge in [-0.2, -0.15) is 17.5 Å². The first-order chi connectivity index (χ1) is 8.70. The van der Waals surface area contributed by atoms with Gasteiger partial charge in [-0.25, -0.2) is 9.78 Å². The predicted molar refractivity (Wildman–Crippen MR) is 60.9 cm³/mol. The van der Waals surface area contributed by atoms with Gasteiger partial charge >= 0.3 is 12.1 Å². The number of nitrogens with zero attached hydrogens (tertiary/aromatic N) is 2. The number of nitrogens with one attached hydrogen (secondary N) is 1. The SMILES string of the molecule is CC(=O)N[C@@H](CSc1nc(C(F)(F)F)ns1)C(=O)O. The number of carboxylic acids is 1. The number of carbonyl (C=O) groups excluding carboxylic acids is 1. The molecule has 0 aliphatic carbocycles. The van der Waals surface area contributed by atoms with Crippen molar-refractivity contribution in [3.63, 3.8) is 0 Å². The van der Waals surface area contributed by atoms with E-state index in [1.54, 1.807) is 0 Å². The fourth-order valence-electron chi connectivity index (χ4n) is 0.958. The predicted octanol–water partition coefficient (Wildman–Crippen LogP) is 1.24. The third-order valence-electron chi connectivity index (χ3n) is 1.71. The number of halogens is 3. The highest BCUT2D eigenvalue weighted by atomic mass is 32.2. The number of thioether (sulfide) groups is 1. The molecule has 0 unspecified atom stereocenters. The molecule has 106 valence electrons. The molecule has 0 fully saturated rings. The van der Waals surface area contributed by atoms with Crippen LogP contribution in [0.2, 0.25) is 0 Å². The van der Waals surface area contributed by atoms with E-state index in [2.05, 4.69) is 14.7 Å². The highest BCUT2D eigenvalue weighted by Gasteiger charge is 2.36. The monoisotopic (exact) mass is 315 g/mol. The zero-order valence-corrected chi connectivity index (χ0v) is 11.0. The number of carboxylic acid groups (broad SMARTS) is 1. The van der Waals surface area contributed by atoms with Crippen LogP contribution in [-0.2, 0) is 15.8 Å². The van der Waals surface area contributed by atoms with Crippen LogP contribution < -0.4 is 5.32 Å². The number of hydrogen-bond acceptors (Lipinski definition) is 6. The van der Waals surface area contributed by atoms with Gasteiger partial charge in [0.25, 0.3) is 0 Å². The molecule has 1 heterocycles. The molecule has 19 heavy (non-hydrogen) atoms. The van der Waals surface area contributed by atoms with E-state index in [-0.39, 0.29) is 10.1 Å². The maximum absolute atomic E-state index is 12.2.